The molecule has 1 saturated heterocycles. The Labute approximate surface area is 113 Å². The number of carbonyl (C=O) groups is 1. The third kappa shape index (κ3) is 2.98. The van der Waals surface area contributed by atoms with Gasteiger partial charge in [0.25, 0.3) is 0 Å². The Kier molecular flexibility index (Phi) is 4.27. The topological polar surface area (TPSA) is 59.6 Å². The van der Waals surface area contributed by atoms with Crippen molar-refractivity contribution in [2.24, 2.45) is 11.8 Å². The van der Waals surface area contributed by atoms with Crippen molar-refractivity contribution >= 4 is 11.6 Å². The Morgan fingerprint density at radius 3 is 2.58 bits per heavy atom. The van der Waals surface area contributed by atoms with E-state index < -0.39 is 0 Å². The van der Waals surface area contributed by atoms with Crippen molar-refractivity contribution in [3.63, 3.8) is 0 Å². The molecule has 5 heteroatoms. The van der Waals surface area contributed by atoms with Crippen LogP contribution < -0.4 is 20.1 Å². The number of anilines is 1. The largest absolute Gasteiger partial charge is 0.493 e. The van der Waals surface area contributed by atoms with Crippen LogP contribution in [0.5, 0.6) is 11.5 Å². The van der Waals surface area contributed by atoms with Crippen LogP contribution in [0.2, 0.25) is 0 Å². The van der Waals surface area contributed by atoms with Crippen LogP contribution >= 0.6 is 0 Å². The van der Waals surface area contributed by atoms with E-state index in [1.807, 2.05) is 6.07 Å². The Balaban J connectivity index is 2.08. The van der Waals surface area contributed by atoms with E-state index in [4.69, 9.17) is 9.47 Å². The van der Waals surface area contributed by atoms with E-state index in [9.17, 15) is 4.79 Å². The SMILES string of the molecule is COc1ccc(NC(=O)[C@@H]2CNC[C@H]2C)cc1OC. The molecule has 2 N–H and O–H groups in total. The summed E-state index contributed by atoms with van der Waals surface area (Å²) < 4.78 is 10.4. The number of methoxy groups -OCH3 is 2. The zero-order valence-corrected chi connectivity index (χ0v) is 11.5. The van der Waals surface area contributed by atoms with Crippen LogP contribution in [0.25, 0.3) is 0 Å². The number of benzene rings is 1. The quantitative estimate of drug-likeness (QED) is 0.865. The smallest absolute Gasteiger partial charge is 0.229 e. The second-order valence-electron chi connectivity index (χ2n) is 4.80. The number of hydrogen-bond acceptors (Lipinski definition) is 4. The first-order valence-electron chi connectivity index (χ1n) is 6.39. The minimum atomic E-state index is 0.0214. The van der Waals surface area contributed by atoms with Gasteiger partial charge in [-0.3, -0.25) is 4.79 Å². The lowest BCUT2D eigenvalue weighted by atomic mass is 9.97. The van der Waals surface area contributed by atoms with Crippen LogP contribution in [0.3, 0.4) is 0 Å². The maximum Gasteiger partial charge on any atom is 0.229 e. The van der Waals surface area contributed by atoms with Crippen molar-refractivity contribution in [2.45, 2.75) is 6.92 Å². The molecule has 0 unspecified atom stereocenters. The van der Waals surface area contributed by atoms with Gasteiger partial charge < -0.3 is 20.1 Å². The molecule has 0 radical (unpaired) electrons. The van der Waals surface area contributed by atoms with Gasteiger partial charge in [0.2, 0.25) is 5.91 Å². The van der Waals surface area contributed by atoms with Crippen LogP contribution in [0.4, 0.5) is 5.69 Å². The molecular weight excluding hydrogens is 244 g/mol. The lowest BCUT2D eigenvalue weighted by molar-refractivity contribution is -0.120. The van der Waals surface area contributed by atoms with E-state index in [-0.39, 0.29) is 11.8 Å². The van der Waals surface area contributed by atoms with Crippen molar-refractivity contribution in [1.29, 1.82) is 0 Å². The van der Waals surface area contributed by atoms with Crippen LogP contribution in [0.1, 0.15) is 6.92 Å². The van der Waals surface area contributed by atoms with Gasteiger partial charge in [-0.1, -0.05) is 6.92 Å². The fraction of sp³-hybridized carbons (Fsp3) is 0.500. The molecule has 104 valence electrons. The van der Waals surface area contributed by atoms with Gasteiger partial charge in [0.1, 0.15) is 0 Å². The fourth-order valence-electron chi connectivity index (χ4n) is 2.31. The summed E-state index contributed by atoms with van der Waals surface area (Å²) in [5.74, 6) is 1.69. The Bertz CT molecular complexity index is 462. The van der Waals surface area contributed by atoms with Gasteiger partial charge in [-0.2, -0.15) is 0 Å². The molecule has 1 aromatic rings. The second-order valence-corrected chi connectivity index (χ2v) is 4.80. The predicted octanol–water partition coefficient (Wildman–Crippen LogP) is 1.50. The lowest BCUT2D eigenvalue weighted by Gasteiger charge is -2.15. The van der Waals surface area contributed by atoms with Gasteiger partial charge in [0.05, 0.1) is 20.1 Å². The molecule has 0 saturated carbocycles. The van der Waals surface area contributed by atoms with Crippen LogP contribution in [0, 0.1) is 11.8 Å². The predicted molar refractivity (Wildman–Crippen MR) is 73.7 cm³/mol. The maximum atomic E-state index is 12.2. The van der Waals surface area contributed by atoms with E-state index in [0.717, 1.165) is 18.8 Å². The summed E-state index contributed by atoms with van der Waals surface area (Å²) in [6.07, 6.45) is 0. The van der Waals surface area contributed by atoms with Crippen molar-refractivity contribution in [1.82, 2.24) is 5.32 Å². The van der Waals surface area contributed by atoms with E-state index in [1.54, 1.807) is 26.4 Å². The molecule has 1 heterocycles. The molecule has 1 aromatic carbocycles. The molecule has 1 aliphatic heterocycles. The van der Waals surface area contributed by atoms with E-state index in [1.165, 1.54) is 0 Å². The minimum Gasteiger partial charge on any atom is -0.493 e. The molecule has 1 amide bonds. The van der Waals surface area contributed by atoms with E-state index >= 15 is 0 Å². The first-order chi connectivity index (χ1) is 9.15. The van der Waals surface area contributed by atoms with Gasteiger partial charge in [-0.15, -0.1) is 0 Å². The first kappa shape index (κ1) is 13.7. The zero-order chi connectivity index (χ0) is 13.8. The van der Waals surface area contributed by atoms with Crippen LogP contribution in [0.15, 0.2) is 18.2 Å². The average molecular weight is 264 g/mol. The zero-order valence-electron chi connectivity index (χ0n) is 11.5. The molecule has 2 rings (SSSR count). The molecule has 0 bridgehead atoms. The summed E-state index contributed by atoms with van der Waals surface area (Å²) in [4.78, 5) is 12.2. The molecule has 0 spiro atoms. The highest BCUT2D eigenvalue weighted by Gasteiger charge is 2.29. The highest BCUT2D eigenvalue weighted by molar-refractivity contribution is 5.93. The summed E-state index contributed by atoms with van der Waals surface area (Å²) >= 11 is 0. The van der Waals surface area contributed by atoms with Crippen LogP contribution in [-0.2, 0) is 4.79 Å². The number of amides is 1. The number of hydrogen-bond donors (Lipinski definition) is 2. The molecule has 0 aromatic heterocycles. The number of rotatable bonds is 4. The minimum absolute atomic E-state index is 0.0214. The summed E-state index contributed by atoms with van der Waals surface area (Å²) in [5, 5.41) is 6.15. The monoisotopic (exact) mass is 264 g/mol. The Hall–Kier alpha value is -1.75. The molecule has 1 aliphatic rings. The molecule has 1 fully saturated rings. The van der Waals surface area contributed by atoms with Crippen molar-refractivity contribution in [2.75, 3.05) is 32.6 Å². The third-order valence-electron chi connectivity index (χ3n) is 3.51. The average Bonchev–Trinajstić information content (AvgIpc) is 2.85. The molecule has 19 heavy (non-hydrogen) atoms. The third-order valence-corrected chi connectivity index (χ3v) is 3.51. The highest BCUT2D eigenvalue weighted by atomic mass is 16.5. The highest BCUT2D eigenvalue weighted by Crippen LogP contribution is 2.30. The number of ether oxygens (including phenoxy) is 2. The van der Waals surface area contributed by atoms with Gasteiger partial charge >= 0.3 is 0 Å². The molecule has 2 atom stereocenters. The lowest BCUT2D eigenvalue weighted by Crippen LogP contribution is -2.27. The summed E-state index contributed by atoms with van der Waals surface area (Å²) in [5.41, 5.74) is 0.724. The maximum absolute atomic E-state index is 12.2. The van der Waals surface area contributed by atoms with Gasteiger partial charge in [0.15, 0.2) is 11.5 Å². The van der Waals surface area contributed by atoms with Crippen molar-refractivity contribution in [3.8, 4) is 11.5 Å². The van der Waals surface area contributed by atoms with Gasteiger partial charge in [-0.25, -0.2) is 0 Å². The van der Waals surface area contributed by atoms with Crippen molar-refractivity contribution in [3.05, 3.63) is 18.2 Å². The standard InChI is InChI=1S/C14H20N2O3/c1-9-7-15-8-11(9)14(17)16-10-4-5-12(18-2)13(6-10)19-3/h4-6,9,11,15H,7-8H2,1-3H3,(H,16,17)/t9-,11-/m1/s1. The normalized spacial score (nSPS) is 22.1. The molecule has 0 aliphatic carbocycles. The second kappa shape index (κ2) is 5.93. The summed E-state index contributed by atoms with van der Waals surface area (Å²) in [7, 11) is 3.16. The summed E-state index contributed by atoms with van der Waals surface area (Å²) in [6.45, 7) is 3.71. The van der Waals surface area contributed by atoms with Crippen molar-refractivity contribution < 1.29 is 14.3 Å². The molecular formula is C14H20N2O3. The molecule has 5 nitrogen and oxygen atoms in total. The van der Waals surface area contributed by atoms with Crippen LogP contribution in [-0.4, -0.2) is 33.2 Å². The van der Waals surface area contributed by atoms with Gasteiger partial charge in [0, 0.05) is 18.3 Å². The van der Waals surface area contributed by atoms with Gasteiger partial charge in [-0.05, 0) is 24.6 Å². The summed E-state index contributed by atoms with van der Waals surface area (Å²) in [6, 6.07) is 5.36. The first-order valence-corrected chi connectivity index (χ1v) is 6.39. The Morgan fingerprint density at radius 2 is 2.00 bits per heavy atom. The van der Waals surface area contributed by atoms with E-state index in [2.05, 4.69) is 17.6 Å². The van der Waals surface area contributed by atoms with E-state index in [0.29, 0.717) is 17.4 Å². The Morgan fingerprint density at radius 1 is 1.26 bits per heavy atom. The number of carbonyl (C=O) groups excluding carboxylic acids is 1. The number of nitrogens with one attached hydrogen (secondary N) is 2. The fourth-order valence-corrected chi connectivity index (χ4v) is 2.31.